The molecule has 0 aliphatic carbocycles. The molecule has 0 saturated carbocycles. The van der Waals surface area contributed by atoms with Crippen LogP contribution < -0.4 is 16.0 Å². The van der Waals surface area contributed by atoms with E-state index in [-0.39, 0.29) is 18.4 Å². The first-order valence-corrected chi connectivity index (χ1v) is 8.96. The van der Waals surface area contributed by atoms with Gasteiger partial charge in [-0.15, -0.1) is 0 Å². The Bertz CT molecular complexity index is 1040. The molecule has 0 spiro atoms. The number of aromatic amines is 1. The lowest BCUT2D eigenvalue weighted by Crippen LogP contribution is -2.44. The van der Waals surface area contributed by atoms with Gasteiger partial charge in [0, 0.05) is 0 Å². The van der Waals surface area contributed by atoms with Gasteiger partial charge in [0.1, 0.15) is 11.9 Å². The Balaban J connectivity index is 1.43. The summed E-state index contributed by atoms with van der Waals surface area (Å²) >= 11 is 0. The van der Waals surface area contributed by atoms with Gasteiger partial charge >= 0.3 is 0 Å². The van der Waals surface area contributed by atoms with E-state index in [0.29, 0.717) is 17.1 Å². The molecule has 142 valence electrons. The fourth-order valence-corrected chi connectivity index (χ4v) is 3.19. The molecular weight excluding hydrogens is 358 g/mol. The summed E-state index contributed by atoms with van der Waals surface area (Å²) < 4.78 is 0. The molecule has 2 heterocycles. The monoisotopic (exact) mass is 377 g/mol. The number of para-hydroxylation sites is 3. The second kappa shape index (κ2) is 7.15. The van der Waals surface area contributed by atoms with Crippen molar-refractivity contribution in [3.05, 3.63) is 59.9 Å². The molecule has 4 N–H and O–H groups in total. The second-order valence-corrected chi connectivity index (χ2v) is 6.69. The van der Waals surface area contributed by atoms with E-state index in [1.54, 1.807) is 31.2 Å². The van der Waals surface area contributed by atoms with Crippen molar-refractivity contribution in [1.82, 2.24) is 20.6 Å². The lowest BCUT2D eigenvalue weighted by atomic mass is 10.1. The molecule has 1 unspecified atom stereocenters. The lowest BCUT2D eigenvalue weighted by Gasteiger charge is -2.16. The predicted molar refractivity (Wildman–Crippen MR) is 104 cm³/mol. The van der Waals surface area contributed by atoms with Gasteiger partial charge in [-0.25, -0.2) is 4.98 Å². The van der Waals surface area contributed by atoms with E-state index in [1.165, 1.54) is 0 Å². The Kier molecular flexibility index (Phi) is 4.52. The highest BCUT2D eigenvalue weighted by molar-refractivity contribution is 6.10. The number of H-pyrrole nitrogens is 1. The second-order valence-electron chi connectivity index (χ2n) is 6.69. The average Bonchev–Trinajstić information content (AvgIpc) is 3.07. The quantitative estimate of drug-likeness (QED) is 0.555. The summed E-state index contributed by atoms with van der Waals surface area (Å²) in [5.74, 6) is -0.558. The Morgan fingerprint density at radius 3 is 2.71 bits per heavy atom. The molecule has 1 aromatic heterocycles. The smallest absolute Gasteiger partial charge is 0.254 e. The molecule has 3 aromatic rings. The first-order valence-electron chi connectivity index (χ1n) is 8.96. The molecule has 2 aromatic carbocycles. The SMILES string of the molecule is C[C@H](NC(=O)CC1NC(=O)c2ccccc2NC1=O)c1nc2ccccc2[nH]1. The third-order valence-electron chi connectivity index (χ3n) is 4.64. The standard InChI is InChI=1S/C20H19N5O3/c1-11(18-22-14-8-4-5-9-15(14)23-18)21-17(26)10-16-20(28)24-13-7-3-2-6-12(13)19(27)25-16/h2-9,11,16H,10H2,1H3,(H,21,26)(H,22,23)(H,24,28)(H,25,27)/t11-,16?/m0/s1. The number of rotatable bonds is 4. The summed E-state index contributed by atoms with van der Waals surface area (Å²) in [7, 11) is 0. The number of aromatic nitrogens is 2. The van der Waals surface area contributed by atoms with Crippen molar-refractivity contribution in [2.75, 3.05) is 5.32 Å². The summed E-state index contributed by atoms with van der Waals surface area (Å²) in [6.45, 7) is 1.80. The Labute approximate surface area is 160 Å². The number of benzene rings is 2. The van der Waals surface area contributed by atoms with Crippen molar-refractivity contribution in [3.8, 4) is 0 Å². The highest BCUT2D eigenvalue weighted by Gasteiger charge is 2.29. The molecule has 1 aliphatic rings. The van der Waals surface area contributed by atoms with Crippen LogP contribution in [-0.4, -0.2) is 33.7 Å². The maximum absolute atomic E-state index is 12.5. The zero-order valence-electron chi connectivity index (χ0n) is 15.2. The summed E-state index contributed by atoms with van der Waals surface area (Å²) in [6, 6.07) is 13.0. The molecular formula is C20H19N5O3. The highest BCUT2D eigenvalue weighted by atomic mass is 16.2. The number of imidazole rings is 1. The van der Waals surface area contributed by atoms with Crippen LogP contribution in [0, 0.1) is 0 Å². The fraction of sp³-hybridized carbons (Fsp3) is 0.200. The maximum Gasteiger partial charge on any atom is 0.254 e. The molecule has 0 saturated heterocycles. The summed E-state index contributed by atoms with van der Waals surface area (Å²) in [6.07, 6.45) is -0.171. The van der Waals surface area contributed by atoms with Crippen molar-refractivity contribution in [3.63, 3.8) is 0 Å². The number of hydrogen-bond acceptors (Lipinski definition) is 4. The van der Waals surface area contributed by atoms with Gasteiger partial charge in [-0.3, -0.25) is 14.4 Å². The van der Waals surface area contributed by atoms with Gasteiger partial charge in [-0.1, -0.05) is 24.3 Å². The van der Waals surface area contributed by atoms with E-state index in [4.69, 9.17) is 0 Å². The highest BCUT2D eigenvalue weighted by Crippen LogP contribution is 2.19. The Hall–Kier alpha value is -3.68. The van der Waals surface area contributed by atoms with Crippen LogP contribution in [0.2, 0.25) is 0 Å². The molecule has 0 fully saturated rings. The summed E-state index contributed by atoms with van der Waals surface area (Å²) in [5, 5.41) is 8.12. The molecule has 3 amide bonds. The zero-order chi connectivity index (χ0) is 19.7. The zero-order valence-corrected chi connectivity index (χ0v) is 15.2. The van der Waals surface area contributed by atoms with E-state index < -0.39 is 17.9 Å². The molecule has 0 bridgehead atoms. The fourth-order valence-electron chi connectivity index (χ4n) is 3.19. The van der Waals surface area contributed by atoms with Gasteiger partial charge in [-0.05, 0) is 31.2 Å². The molecule has 0 radical (unpaired) electrons. The van der Waals surface area contributed by atoms with Crippen LogP contribution in [0.4, 0.5) is 5.69 Å². The van der Waals surface area contributed by atoms with Gasteiger partial charge in [-0.2, -0.15) is 0 Å². The van der Waals surface area contributed by atoms with Crippen molar-refractivity contribution < 1.29 is 14.4 Å². The molecule has 8 nitrogen and oxygen atoms in total. The van der Waals surface area contributed by atoms with Gasteiger partial charge < -0.3 is 20.9 Å². The molecule has 4 rings (SSSR count). The summed E-state index contributed by atoms with van der Waals surface area (Å²) in [5.41, 5.74) is 2.50. The first-order chi connectivity index (χ1) is 13.5. The van der Waals surface area contributed by atoms with Crippen LogP contribution in [0.1, 0.15) is 35.6 Å². The van der Waals surface area contributed by atoms with Crippen LogP contribution in [0.5, 0.6) is 0 Å². The number of amides is 3. The van der Waals surface area contributed by atoms with E-state index in [9.17, 15) is 14.4 Å². The van der Waals surface area contributed by atoms with Crippen molar-refractivity contribution >= 4 is 34.4 Å². The number of nitrogens with zero attached hydrogens (tertiary/aromatic N) is 1. The number of carbonyl (C=O) groups excluding carboxylic acids is 3. The molecule has 8 heteroatoms. The largest absolute Gasteiger partial charge is 0.346 e. The van der Waals surface area contributed by atoms with Crippen molar-refractivity contribution in [2.24, 2.45) is 0 Å². The number of anilines is 1. The van der Waals surface area contributed by atoms with Crippen molar-refractivity contribution in [2.45, 2.75) is 25.4 Å². The van der Waals surface area contributed by atoms with E-state index >= 15 is 0 Å². The van der Waals surface area contributed by atoms with E-state index in [1.807, 2.05) is 24.3 Å². The first kappa shape index (κ1) is 17.7. The normalized spacial score (nSPS) is 17.2. The predicted octanol–water partition coefficient (Wildman–Crippen LogP) is 1.88. The topological polar surface area (TPSA) is 116 Å². The number of carbonyl (C=O) groups is 3. The van der Waals surface area contributed by atoms with Gasteiger partial charge in [0.05, 0.1) is 34.7 Å². The maximum atomic E-state index is 12.5. The number of hydrogen-bond donors (Lipinski definition) is 4. The molecule has 1 aliphatic heterocycles. The van der Waals surface area contributed by atoms with Crippen LogP contribution in [-0.2, 0) is 9.59 Å². The molecule has 2 atom stereocenters. The minimum absolute atomic E-state index is 0.171. The Morgan fingerprint density at radius 2 is 1.89 bits per heavy atom. The minimum Gasteiger partial charge on any atom is -0.346 e. The third-order valence-corrected chi connectivity index (χ3v) is 4.64. The third kappa shape index (κ3) is 3.44. The van der Waals surface area contributed by atoms with Crippen LogP contribution >= 0.6 is 0 Å². The number of nitrogens with one attached hydrogen (secondary N) is 4. The van der Waals surface area contributed by atoms with Gasteiger partial charge in [0.2, 0.25) is 11.8 Å². The van der Waals surface area contributed by atoms with Crippen LogP contribution in [0.25, 0.3) is 11.0 Å². The van der Waals surface area contributed by atoms with Crippen LogP contribution in [0.3, 0.4) is 0 Å². The lowest BCUT2D eigenvalue weighted by molar-refractivity contribution is -0.126. The Morgan fingerprint density at radius 1 is 1.14 bits per heavy atom. The van der Waals surface area contributed by atoms with Crippen LogP contribution in [0.15, 0.2) is 48.5 Å². The van der Waals surface area contributed by atoms with Crippen molar-refractivity contribution in [1.29, 1.82) is 0 Å². The minimum atomic E-state index is -0.956. The van der Waals surface area contributed by atoms with Gasteiger partial charge in [0.25, 0.3) is 5.91 Å². The van der Waals surface area contributed by atoms with Gasteiger partial charge in [0.15, 0.2) is 0 Å². The summed E-state index contributed by atoms with van der Waals surface area (Å²) in [4.78, 5) is 44.8. The van der Waals surface area contributed by atoms with E-state index in [2.05, 4.69) is 25.9 Å². The number of fused-ring (bicyclic) bond motifs is 2. The molecule has 28 heavy (non-hydrogen) atoms. The van der Waals surface area contributed by atoms with E-state index in [0.717, 1.165) is 11.0 Å². The average molecular weight is 377 g/mol.